The van der Waals surface area contributed by atoms with Crippen LogP contribution in [0.3, 0.4) is 0 Å². The highest BCUT2D eigenvalue weighted by Crippen LogP contribution is 2.29. The highest BCUT2D eigenvalue weighted by molar-refractivity contribution is 5.88. The van der Waals surface area contributed by atoms with Crippen molar-refractivity contribution in [3.63, 3.8) is 0 Å². The van der Waals surface area contributed by atoms with Crippen LogP contribution in [0.25, 0.3) is 0 Å². The molecule has 1 atom stereocenters. The quantitative estimate of drug-likeness (QED) is 0.733. The van der Waals surface area contributed by atoms with Gasteiger partial charge in [0.2, 0.25) is 5.91 Å². The lowest BCUT2D eigenvalue weighted by Gasteiger charge is -2.42. The first-order chi connectivity index (χ1) is 8.29. The van der Waals surface area contributed by atoms with Crippen LogP contribution in [0.2, 0.25) is 0 Å². The van der Waals surface area contributed by atoms with Crippen molar-refractivity contribution >= 4 is 17.9 Å². The summed E-state index contributed by atoms with van der Waals surface area (Å²) in [7, 11) is 1.43. The molecule has 0 aromatic carbocycles. The number of carbonyl (C=O) groups is 3. The fraction of sp³-hybridized carbons (Fsp3) is 0.727. The van der Waals surface area contributed by atoms with Crippen LogP contribution in [0.5, 0.6) is 0 Å². The first-order valence-electron chi connectivity index (χ1n) is 5.83. The van der Waals surface area contributed by atoms with Crippen molar-refractivity contribution in [1.82, 2.24) is 9.80 Å². The highest BCUT2D eigenvalue weighted by atomic mass is 16.4. The molecule has 102 valence electrons. The van der Waals surface area contributed by atoms with E-state index < -0.39 is 23.4 Å². The molecular formula is C11H19N3O4. The molecule has 1 fully saturated rings. The van der Waals surface area contributed by atoms with Gasteiger partial charge in [-0.15, -0.1) is 0 Å². The van der Waals surface area contributed by atoms with E-state index in [9.17, 15) is 19.5 Å². The van der Waals surface area contributed by atoms with Gasteiger partial charge in [0, 0.05) is 13.6 Å². The van der Waals surface area contributed by atoms with Gasteiger partial charge in [0.05, 0.1) is 0 Å². The maximum absolute atomic E-state index is 12.1. The number of nitrogens with two attached hydrogens (primary N) is 1. The number of likely N-dealkylation sites (N-methyl/N-ethyl adjacent to an activating group) is 1. The molecular weight excluding hydrogens is 238 g/mol. The third kappa shape index (κ3) is 2.72. The number of carbonyl (C=O) groups excluding carboxylic acids is 2. The molecule has 0 aromatic rings. The van der Waals surface area contributed by atoms with Gasteiger partial charge in [0.1, 0.15) is 12.1 Å². The Hall–Kier alpha value is -1.79. The molecule has 1 aliphatic rings. The molecule has 0 aliphatic carbocycles. The first-order valence-corrected chi connectivity index (χ1v) is 5.83. The van der Waals surface area contributed by atoms with Crippen LogP contribution in [0.4, 0.5) is 4.79 Å². The molecule has 1 aliphatic heterocycles. The number of hydrogen-bond donors (Lipinski definition) is 2. The van der Waals surface area contributed by atoms with Crippen molar-refractivity contribution in [3.05, 3.63) is 0 Å². The molecule has 0 bridgehead atoms. The monoisotopic (exact) mass is 257 g/mol. The molecule has 3 N–H and O–H groups in total. The zero-order valence-electron chi connectivity index (χ0n) is 10.7. The molecule has 1 unspecified atom stereocenters. The predicted octanol–water partition coefficient (Wildman–Crippen LogP) is -0.147. The van der Waals surface area contributed by atoms with Crippen LogP contribution in [-0.4, -0.2) is 58.5 Å². The van der Waals surface area contributed by atoms with E-state index in [2.05, 4.69) is 0 Å². The Labute approximate surface area is 106 Å². The Kier molecular flexibility index (Phi) is 4.15. The summed E-state index contributed by atoms with van der Waals surface area (Å²) in [6.07, 6.45) is 1.95. The Morgan fingerprint density at radius 2 is 2.00 bits per heavy atom. The third-order valence-corrected chi connectivity index (χ3v) is 3.30. The van der Waals surface area contributed by atoms with E-state index in [4.69, 9.17) is 5.73 Å². The fourth-order valence-corrected chi connectivity index (χ4v) is 2.16. The van der Waals surface area contributed by atoms with Gasteiger partial charge in [0.25, 0.3) is 0 Å². The minimum Gasteiger partial charge on any atom is -0.480 e. The maximum Gasteiger partial charge on any atom is 0.329 e. The van der Waals surface area contributed by atoms with Gasteiger partial charge in [-0.2, -0.15) is 0 Å². The van der Waals surface area contributed by atoms with Gasteiger partial charge in [0.15, 0.2) is 0 Å². The van der Waals surface area contributed by atoms with Gasteiger partial charge in [-0.3, -0.25) is 4.79 Å². The molecule has 0 saturated carbocycles. The average molecular weight is 257 g/mol. The summed E-state index contributed by atoms with van der Waals surface area (Å²) in [5, 5.41) is 9.28. The zero-order chi connectivity index (χ0) is 13.9. The number of carboxylic acids is 1. The zero-order valence-corrected chi connectivity index (χ0v) is 10.7. The van der Waals surface area contributed by atoms with Crippen molar-refractivity contribution < 1.29 is 19.5 Å². The number of piperidine rings is 1. The molecule has 1 saturated heterocycles. The molecule has 0 spiro atoms. The second-order valence-electron chi connectivity index (χ2n) is 4.79. The normalized spacial score (nSPS) is 23.6. The summed E-state index contributed by atoms with van der Waals surface area (Å²) >= 11 is 0. The maximum atomic E-state index is 12.1. The highest BCUT2D eigenvalue weighted by Gasteiger charge is 2.44. The van der Waals surface area contributed by atoms with E-state index in [0.717, 1.165) is 17.7 Å². The van der Waals surface area contributed by atoms with E-state index in [-0.39, 0.29) is 6.54 Å². The summed E-state index contributed by atoms with van der Waals surface area (Å²) in [5.74, 6) is -1.65. The second-order valence-corrected chi connectivity index (χ2v) is 4.79. The third-order valence-electron chi connectivity index (χ3n) is 3.30. The van der Waals surface area contributed by atoms with E-state index in [1.165, 1.54) is 18.9 Å². The van der Waals surface area contributed by atoms with E-state index in [1.54, 1.807) is 0 Å². The van der Waals surface area contributed by atoms with Crippen LogP contribution in [-0.2, 0) is 9.59 Å². The Morgan fingerprint density at radius 3 is 2.50 bits per heavy atom. The standard InChI is InChI=1S/C11H19N3O4/c1-11(9(16)17)5-3-4-6-14(11)10(18)13(2)7-8(12)15/h3-7H2,1-2H3,(H2,12,15)(H,16,17). The van der Waals surface area contributed by atoms with Crippen molar-refractivity contribution in [2.24, 2.45) is 5.73 Å². The van der Waals surface area contributed by atoms with Gasteiger partial charge in [-0.25, -0.2) is 9.59 Å². The predicted molar refractivity (Wildman–Crippen MR) is 63.8 cm³/mol. The number of nitrogens with zero attached hydrogens (tertiary/aromatic N) is 2. The van der Waals surface area contributed by atoms with Crippen molar-refractivity contribution in [2.75, 3.05) is 20.1 Å². The number of primary amides is 1. The molecule has 7 heteroatoms. The minimum atomic E-state index is -1.21. The molecule has 3 amide bonds. The van der Waals surface area contributed by atoms with Crippen LogP contribution < -0.4 is 5.73 Å². The Bertz CT molecular complexity index is 371. The largest absolute Gasteiger partial charge is 0.480 e. The number of hydrogen-bond acceptors (Lipinski definition) is 3. The molecule has 18 heavy (non-hydrogen) atoms. The smallest absolute Gasteiger partial charge is 0.329 e. The van der Waals surface area contributed by atoms with E-state index in [1.807, 2.05) is 0 Å². The lowest BCUT2D eigenvalue weighted by molar-refractivity contribution is -0.150. The summed E-state index contributed by atoms with van der Waals surface area (Å²) in [6.45, 7) is 1.69. The number of carboxylic acid groups (broad SMARTS) is 1. The lowest BCUT2D eigenvalue weighted by atomic mass is 9.89. The summed E-state index contributed by atoms with van der Waals surface area (Å²) in [5.41, 5.74) is 3.81. The van der Waals surface area contributed by atoms with Gasteiger partial charge in [-0.05, 0) is 26.2 Å². The van der Waals surface area contributed by atoms with Crippen LogP contribution >= 0.6 is 0 Å². The number of aliphatic carboxylic acids is 1. The van der Waals surface area contributed by atoms with Gasteiger partial charge in [-0.1, -0.05) is 0 Å². The topological polar surface area (TPSA) is 104 Å². The molecule has 7 nitrogen and oxygen atoms in total. The SMILES string of the molecule is CN(CC(N)=O)C(=O)N1CCCCC1(C)C(=O)O. The van der Waals surface area contributed by atoms with Crippen LogP contribution in [0, 0.1) is 0 Å². The van der Waals surface area contributed by atoms with Crippen LogP contribution in [0.1, 0.15) is 26.2 Å². The second kappa shape index (κ2) is 5.24. The van der Waals surface area contributed by atoms with Crippen molar-refractivity contribution in [3.8, 4) is 0 Å². The summed E-state index contributed by atoms with van der Waals surface area (Å²) in [4.78, 5) is 36.7. The Balaban J connectivity index is 2.87. The van der Waals surface area contributed by atoms with E-state index in [0.29, 0.717) is 13.0 Å². The first kappa shape index (κ1) is 14.3. The number of urea groups is 1. The van der Waals surface area contributed by atoms with Crippen molar-refractivity contribution in [1.29, 1.82) is 0 Å². The van der Waals surface area contributed by atoms with Gasteiger partial charge >= 0.3 is 12.0 Å². The van der Waals surface area contributed by atoms with Crippen LogP contribution in [0.15, 0.2) is 0 Å². The summed E-state index contributed by atoms with van der Waals surface area (Å²) < 4.78 is 0. The number of rotatable bonds is 3. The fourth-order valence-electron chi connectivity index (χ4n) is 2.16. The van der Waals surface area contributed by atoms with Crippen molar-refractivity contribution in [2.45, 2.75) is 31.7 Å². The Morgan fingerprint density at radius 1 is 1.39 bits per heavy atom. The average Bonchev–Trinajstić information content (AvgIpc) is 2.27. The minimum absolute atomic E-state index is 0.217. The molecule has 1 rings (SSSR count). The molecule has 0 aromatic heterocycles. The molecule has 0 radical (unpaired) electrons. The molecule has 1 heterocycles. The number of amides is 3. The summed E-state index contributed by atoms with van der Waals surface area (Å²) in [6, 6.07) is -0.474. The van der Waals surface area contributed by atoms with E-state index >= 15 is 0 Å². The van der Waals surface area contributed by atoms with Gasteiger partial charge < -0.3 is 20.6 Å². The lowest BCUT2D eigenvalue weighted by Crippen LogP contribution is -2.60. The number of likely N-dealkylation sites (tertiary alicyclic amines) is 1.